The first-order chi connectivity index (χ1) is 9.01. The summed E-state index contributed by atoms with van der Waals surface area (Å²) in [6, 6.07) is 0. The molecule has 2 fully saturated rings. The van der Waals surface area contributed by atoms with Crippen molar-refractivity contribution >= 4 is 32.5 Å². The van der Waals surface area contributed by atoms with Crippen LogP contribution in [0.15, 0.2) is 0 Å². The van der Waals surface area contributed by atoms with Gasteiger partial charge >= 0.3 is 9.95 Å². The smallest absolute Gasteiger partial charge is 0.367 e. The van der Waals surface area contributed by atoms with Gasteiger partial charge in [0.15, 0.2) is 0 Å². The number of fused-ring (bicyclic) bond motifs is 2. The van der Waals surface area contributed by atoms with Crippen LogP contribution in [0.5, 0.6) is 0 Å². The van der Waals surface area contributed by atoms with Gasteiger partial charge in [-0.3, -0.25) is 4.79 Å². The van der Waals surface area contributed by atoms with Crippen LogP contribution >= 0.6 is 22.6 Å². The zero-order valence-electron chi connectivity index (χ0n) is 11.4. The van der Waals surface area contributed by atoms with Crippen LogP contribution < -0.4 is 0 Å². The van der Waals surface area contributed by atoms with Gasteiger partial charge in [0.25, 0.3) is 0 Å². The maximum atomic E-state index is 11.9. The summed E-state index contributed by atoms with van der Waals surface area (Å²) in [5, 5.41) is 0. The van der Waals surface area contributed by atoms with Gasteiger partial charge in [-0.15, -0.1) is 0 Å². The Morgan fingerprint density at radius 1 is 1.21 bits per heavy atom. The van der Waals surface area contributed by atoms with Gasteiger partial charge in [-0.1, -0.05) is 6.92 Å². The van der Waals surface area contributed by atoms with Crippen molar-refractivity contribution in [3.8, 4) is 0 Å². The van der Waals surface area contributed by atoms with Crippen LogP contribution in [0.1, 0.15) is 32.6 Å². The predicted molar refractivity (Wildman–Crippen MR) is 79.0 cm³/mol. The molecule has 0 spiro atoms. The molecule has 0 aromatic heterocycles. The molecule has 5 unspecified atom stereocenters. The number of carbonyl (C=O) groups excluding carboxylic acids is 2. The number of esters is 1. The molecule has 108 valence electrons. The molecule has 0 aromatic carbocycles. The van der Waals surface area contributed by atoms with E-state index in [0.29, 0.717) is 30.3 Å². The van der Waals surface area contributed by atoms with Gasteiger partial charge in [-0.25, -0.2) is 4.79 Å². The lowest BCUT2D eigenvalue weighted by Crippen LogP contribution is -2.42. The molecule has 0 amide bonds. The lowest BCUT2D eigenvalue weighted by atomic mass is 9.60. The molecule has 2 aliphatic rings. The fraction of sp³-hybridized carbons (Fsp3) is 0.857. The van der Waals surface area contributed by atoms with E-state index in [2.05, 4.69) is 6.92 Å². The summed E-state index contributed by atoms with van der Waals surface area (Å²) in [5.74, 6) is 1.84. The van der Waals surface area contributed by atoms with Crippen molar-refractivity contribution in [2.45, 2.75) is 32.6 Å². The van der Waals surface area contributed by atoms with Crippen LogP contribution in [0.25, 0.3) is 0 Å². The van der Waals surface area contributed by atoms with Crippen molar-refractivity contribution in [2.24, 2.45) is 29.6 Å². The summed E-state index contributed by atoms with van der Waals surface area (Å²) >= 11 is 1.66. The van der Waals surface area contributed by atoms with Crippen LogP contribution in [0, 0.1) is 29.6 Å². The van der Waals surface area contributed by atoms with Crippen molar-refractivity contribution in [1.29, 1.82) is 0 Å². The van der Waals surface area contributed by atoms with Crippen LogP contribution in [0.2, 0.25) is 0 Å². The maximum absolute atomic E-state index is 11.9. The average molecular weight is 380 g/mol. The molecule has 2 rings (SSSR count). The molecule has 0 radical (unpaired) electrons. The van der Waals surface area contributed by atoms with E-state index in [1.165, 1.54) is 7.11 Å². The number of ether oxygens (including phenoxy) is 2. The first kappa shape index (κ1) is 15.1. The van der Waals surface area contributed by atoms with E-state index in [0.717, 1.165) is 25.7 Å². The van der Waals surface area contributed by atoms with E-state index < -0.39 is 0 Å². The van der Waals surface area contributed by atoms with Crippen LogP contribution in [-0.4, -0.2) is 23.7 Å². The average Bonchev–Trinajstić information content (AvgIpc) is 2.35. The van der Waals surface area contributed by atoms with Gasteiger partial charge in [-0.2, -0.15) is 0 Å². The van der Waals surface area contributed by atoms with Crippen molar-refractivity contribution < 1.29 is 19.1 Å². The predicted octanol–water partition coefficient (Wildman–Crippen LogP) is 3.42. The summed E-state index contributed by atoms with van der Waals surface area (Å²) in [5.41, 5.74) is 0. The summed E-state index contributed by atoms with van der Waals surface area (Å²) in [6.45, 7) is 2.66. The molecular formula is C14H21IO4. The standard InChI is InChI=1S/C14H21IO4/c1-8-3-9-4-10(7-19-14(15)17)6-11(5-9)12(8)13(16)18-2/h8-12H,3-7H2,1-2H3. The maximum Gasteiger partial charge on any atom is 0.367 e. The van der Waals surface area contributed by atoms with Crippen molar-refractivity contribution in [3.63, 3.8) is 0 Å². The van der Waals surface area contributed by atoms with Crippen LogP contribution in [0.4, 0.5) is 4.79 Å². The molecule has 4 nitrogen and oxygen atoms in total. The minimum atomic E-state index is -0.244. The lowest BCUT2D eigenvalue weighted by Gasteiger charge is -2.45. The molecule has 5 atom stereocenters. The Bertz CT molecular complexity index is 355. The summed E-state index contributed by atoms with van der Waals surface area (Å²) in [7, 11) is 1.47. The molecule has 0 N–H and O–H groups in total. The largest absolute Gasteiger partial charge is 0.469 e. The second-order valence-corrected chi connectivity index (χ2v) is 6.89. The van der Waals surface area contributed by atoms with E-state index in [1.54, 1.807) is 22.6 Å². The molecule has 0 aliphatic heterocycles. The third-order valence-electron chi connectivity index (χ3n) is 4.67. The third kappa shape index (κ3) is 3.61. The monoisotopic (exact) mass is 380 g/mol. The molecule has 2 saturated carbocycles. The van der Waals surface area contributed by atoms with Gasteiger partial charge in [0, 0.05) is 0 Å². The summed E-state index contributed by atoms with van der Waals surface area (Å²) < 4.78 is 9.84. The summed E-state index contributed by atoms with van der Waals surface area (Å²) in [4.78, 5) is 22.8. The third-order valence-corrected chi connectivity index (χ3v) is 4.98. The highest BCUT2D eigenvalue weighted by Gasteiger charge is 2.44. The van der Waals surface area contributed by atoms with E-state index in [1.807, 2.05) is 0 Å². The Labute approximate surface area is 127 Å². The van der Waals surface area contributed by atoms with Gasteiger partial charge < -0.3 is 9.47 Å². The number of rotatable bonds is 3. The highest BCUT2D eigenvalue weighted by Crippen LogP contribution is 2.48. The number of halogens is 1. The Hall–Kier alpha value is -0.330. The fourth-order valence-corrected chi connectivity index (χ4v) is 4.30. The van der Waals surface area contributed by atoms with Crippen LogP contribution in [0.3, 0.4) is 0 Å². The number of methoxy groups -OCH3 is 1. The second-order valence-electron chi connectivity index (χ2n) is 6.01. The molecule has 0 aromatic rings. The van der Waals surface area contributed by atoms with Crippen molar-refractivity contribution in [3.05, 3.63) is 0 Å². The van der Waals surface area contributed by atoms with Gasteiger partial charge in [0.1, 0.15) is 0 Å². The number of hydrogen-bond acceptors (Lipinski definition) is 4. The molecule has 0 saturated heterocycles. The highest BCUT2D eigenvalue weighted by molar-refractivity contribution is 14.1. The zero-order chi connectivity index (χ0) is 14.0. The lowest BCUT2D eigenvalue weighted by molar-refractivity contribution is -0.153. The SMILES string of the molecule is COC(=O)C1C(C)CC2CC(COC(=O)I)CC1C2. The Balaban J connectivity index is 2.00. The Morgan fingerprint density at radius 3 is 2.58 bits per heavy atom. The first-order valence-corrected chi connectivity index (χ1v) is 7.99. The Kier molecular flexibility index (Phi) is 5.09. The number of carbonyl (C=O) groups is 2. The number of hydrogen-bond donors (Lipinski definition) is 0. The minimum absolute atomic E-state index is 0.0272. The second kappa shape index (κ2) is 6.41. The highest BCUT2D eigenvalue weighted by atomic mass is 127. The topological polar surface area (TPSA) is 52.6 Å². The van der Waals surface area contributed by atoms with Crippen LogP contribution in [-0.2, 0) is 14.3 Å². The van der Waals surface area contributed by atoms with E-state index in [4.69, 9.17) is 9.47 Å². The minimum Gasteiger partial charge on any atom is -0.469 e. The molecule has 2 bridgehead atoms. The van der Waals surface area contributed by atoms with Crippen molar-refractivity contribution in [2.75, 3.05) is 13.7 Å². The van der Waals surface area contributed by atoms with Gasteiger partial charge in [0.2, 0.25) is 0 Å². The zero-order valence-corrected chi connectivity index (χ0v) is 13.6. The van der Waals surface area contributed by atoms with Gasteiger partial charge in [0.05, 0.1) is 42.2 Å². The fourth-order valence-electron chi connectivity index (χ4n) is 4.12. The quantitative estimate of drug-likeness (QED) is 0.428. The molecule has 2 aliphatic carbocycles. The van der Waals surface area contributed by atoms with Crippen molar-refractivity contribution in [1.82, 2.24) is 0 Å². The molecular weight excluding hydrogens is 359 g/mol. The van der Waals surface area contributed by atoms with E-state index in [9.17, 15) is 9.59 Å². The normalized spacial score (nSPS) is 37.5. The molecule has 19 heavy (non-hydrogen) atoms. The molecule has 5 heteroatoms. The first-order valence-electron chi connectivity index (χ1n) is 6.91. The summed E-state index contributed by atoms with van der Waals surface area (Å²) in [6.07, 6.45) is 4.31. The van der Waals surface area contributed by atoms with E-state index >= 15 is 0 Å². The molecule has 0 heterocycles. The Morgan fingerprint density at radius 2 is 1.95 bits per heavy atom. The van der Waals surface area contributed by atoms with Gasteiger partial charge in [-0.05, 0) is 49.4 Å². The van der Waals surface area contributed by atoms with E-state index in [-0.39, 0.29) is 15.9 Å².